The van der Waals surface area contributed by atoms with Crippen LogP contribution in [0.3, 0.4) is 0 Å². The molecule has 27 heavy (non-hydrogen) atoms. The van der Waals surface area contributed by atoms with E-state index in [0.29, 0.717) is 17.7 Å². The van der Waals surface area contributed by atoms with E-state index in [2.05, 4.69) is 0 Å². The second kappa shape index (κ2) is 8.05. The second-order valence-corrected chi connectivity index (χ2v) is 7.74. The van der Waals surface area contributed by atoms with Gasteiger partial charge in [0.05, 0.1) is 6.61 Å². The molecule has 2 aromatic carbocycles. The number of aliphatic hydroxyl groups excluding tert-OH is 1. The van der Waals surface area contributed by atoms with Gasteiger partial charge in [0.1, 0.15) is 0 Å². The number of hydrogen-bond donors (Lipinski definition) is 1. The number of carbonyl (C=O) groups excluding carboxylic acids is 2. The largest absolute Gasteiger partial charge is 0.396 e. The molecule has 0 spiro atoms. The van der Waals surface area contributed by atoms with Crippen LogP contribution in [0.1, 0.15) is 53.3 Å². The summed E-state index contributed by atoms with van der Waals surface area (Å²) in [4.78, 5) is 26.1. The second-order valence-electron chi connectivity index (χ2n) is 7.74. The fourth-order valence-electron chi connectivity index (χ4n) is 4.02. The van der Waals surface area contributed by atoms with Crippen molar-refractivity contribution < 1.29 is 14.7 Å². The Labute approximate surface area is 160 Å². The number of aliphatic hydroxyl groups is 1. The molecule has 1 aliphatic rings. The van der Waals surface area contributed by atoms with Crippen LogP contribution in [-0.2, 0) is 0 Å². The molecule has 0 saturated heterocycles. The van der Waals surface area contributed by atoms with Crippen LogP contribution >= 0.6 is 0 Å². The lowest BCUT2D eigenvalue weighted by Crippen LogP contribution is -2.39. The van der Waals surface area contributed by atoms with Crippen LogP contribution in [0.4, 0.5) is 0 Å². The van der Waals surface area contributed by atoms with Gasteiger partial charge in [-0.1, -0.05) is 49.2 Å². The van der Waals surface area contributed by atoms with E-state index in [1.54, 1.807) is 11.8 Å². The SMILES string of the molecule is CC(=O)c1ccc(-c2cccc(C(=O)N(C)CC3(CO)CCCC3)c2)cc1. The first-order chi connectivity index (χ1) is 12.9. The van der Waals surface area contributed by atoms with E-state index < -0.39 is 0 Å². The molecule has 1 N–H and O–H groups in total. The van der Waals surface area contributed by atoms with Gasteiger partial charge in [0.2, 0.25) is 0 Å². The smallest absolute Gasteiger partial charge is 0.253 e. The molecule has 0 aromatic heterocycles. The Kier molecular flexibility index (Phi) is 5.76. The molecule has 0 radical (unpaired) electrons. The lowest BCUT2D eigenvalue weighted by atomic mass is 9.86. The van der Waals surface area contributed by atoms with Crippen molar-refractivity contribution in [2.24, 2.45) is 5.41 Å². The van der Waals surface area contributed by atoms with Crippen LogP contribution in [0.25, 0.3) is 11.1 Å². The fraction of sp³-hybridized carbons (Fsp3) is 0.391. The van der Waals surface area contributed by atoms with Crippen molar-refractivity contribution in [3.63, 3.8) is 0 Å². The zero-order chi connectivity index (χ0) is 19.4. The predicted molar refractivity (Wildman–Crippen MR) is 107 cm³/mol. The lowest BCUT2D eigenvalue weighted by Gasteiger charge is -2.32. The maximum atomic E-state index is 12.9. The third-order valence-corrected chi connectivity index (χ3v) is 5.65. The van der Waals surface area contributed by atoms with E-state index in [1.165, 1.54) is 0 Å². The highest BCUT2D eigenvalue weighted by Crippen LogP contribution is 2.38. The Morgan fingerprint density at radius 3 is 2.26 bits per heavy atom. The number of ketones is 1. The van der Waals surface area contributed by atoms with E-state index in [-0.39, 0.29) is 23.7 Å². The van der Waals surface area contributed by atoms with Crippen LogP contribution < -0.4 is 0 Å². The summed E-state index contributed by atoms with van der Waals surface area (Å²) in [5.74, 6) is 0.00811. The Morgan fingerprint density at radius 2 is 1.67 bits per heavy atom. The van der Waals surface area contributed by atoms with Crippen LogP contribution in [-0.4, -0.2) is 41.9 Å². The molecule has 1 amide bonds. The molecule has 0 atom stereocenters. The fourth-order valence-corrected chi connectivity index (χ4v) is 4.02. The monoisotopic (exact) mass is 365 g/mol. The number of rotatable bonds is 6. The van der Waals surface area contributed by atoms with Crippen molar-refractivity contribution in [3.8, 4) is 11.1 Å². The molecule has 0 bridgehead atoms. The van der Waals surface area contributed by atoms with Crippen LogP contribution in [0.5, 0.6) is 0 Å². The quantitative estimate of drug-likeness (QED) is 0.781. The van der Waals surface area contributed by atoms with Gasteiger partial charge in [-0.25, -0.2) is 0 Å². The molecule has 3 rings (SSSR count). The molecule has 1 saturated carbocycles. The van der Waals surface area contributed by atoms with E-state index in [0.717, 1.165) is 36.8 Å². The van der Waals surface area contributed by atoms with Gasteiger partial charge in [0.25, 0.3) is 5.91 Å². The van der Waals surface area contributed by atoms with Gasteiger partial charge in [-0.3, -0.25) is 9.59 Å². The number of nitrogens with zero attached hydrogens (tertiary/aromatic N) is 1. The summed E-state index contributed by atoms with van der Waals surface area (Å²) in [6.45, 7) is 2.26. The Morgan fingerprint density at radius 1 is 1.00 bits per heavy atom. The topological polar surface area (TPSA) is 57.6 Å². The highest BCUT2D eigenvalue weighted by Gasteiger charge is 2.35. The average molecular weight is 365 g/mol. The Hall–Kier alpha value is -2.46. The van der Waals surface area contributed by atoms with Gasteiger partial charge in [-0.2, -0.15) is 0 Å². The van der Waals surface area contributed by atoms with Crippen LogP contribution in [0.15, 0.2) is 48.5 Å². The van der Waals surface area contributed by atoms with Crippen molar-refractivity contribution in [1.29, 1.82) is 0 Å². The molecule has 2 aromatic rings. The molecule has 4 heteroatoms. The first-order valence-electron chi connectivity index (χ1n) is 9.52. The molecule has 0 unspecified atom stereocenters. The lowest BCUT2D eigenvalue weighted by molar-refractivity contribution is 0.0595. The van der Waals surface area contributed by atoms with Gasteiger partial charge >= 0.3 is 0 Å². The molecule has 142 valence electrons. The summed E-state index contributed by atoms with van der Waals surface area (Å²) >= 11 is 0. The summed E-state index contributed by atoms with van der Waals surface area (Å²) < 4.78 is 0. The van der Waals surface area contributed by atoms with E-state index >= 15 is 0 Å². The summed E-state index contributed by atoms with van der Waals surface area (Å²) in [5.41, 5.74) is 3.08. The van der Waals surface area contributed by atoms with Crippen molar-refractivity contribution in [3.05, 3.63) is 59.7 Å². The Balaban J connectivity index is 1.78. The van der Waals surface area contributed by atoms with Gasteiger partial charge < -0.3 is 10.0 Å². The standard InChI is InChI=1S/C23H27NO3/c1-17(26)18-8-10-19(11-9-18)20-6-5-7-21(14-20)22(27)24(2)15-23(16-25)12-3-4-13-23/h5-11,14,25H,3-4,12-13,15-16H2,1-2H3. The maximum absolute atomic E-state index is 12.9. The summed E-state index contributed by atoms with van der Waals surface area (Å²) in [5, 5.41) is 9.81. The predicted octanol–water partition coefficient (Wildman–Crippen LogP) is 4.18. The molecular formula is C23H27NO3. The van der Waals surface area contributed by atoms with Crippen molar-refractivity contribution in [2.45, 2.75) is 32.6 Å². The first kappa shape index (κ1) is 19.3. The number of Topliss-reactive ketones (excluding diaryl/α,β-unsaturated/α-hetero) is 1. The van der Waals surface area contributed by atoms with Crippen LogP contribution in [0.2, 0.25) is 0 Å². The van der Waals surface area contributed by atoms with Gasteiger partial charge in [-0.15, -0.1) is 0 Å². The number of amides is 1. The number of benzene rings is 2. The zero-order valence-electron chi connectivity index (χ0n) is 16.1. The maximum Gasteiger partial charge on any atom is 0.253 e. The van der Waals surface area contributed by atoms with Gasteiger partial charge in [-0.05, 0) is 43.0 Å². The minimum atomic E-state index is -0.148. The highest BCUT2D eigenvalue weighted by molar-refractivity contribution is 5.96. The molecule has 0 aliphatic heterocycles. The summed E-state index contributed by atoms with van der Waals surface area (Å²) in [7, 11) is 1.81. The molecule has 1 fully saturated rings. The first-order valence-corrected chi connectivity index (χ1v) is 9.52. The Bertz CT molecular complexity index is 820. The van der Waals surface area contributed by atoms with Crippen molar-refractivity contribution in [1.82, 2.24) is 4.90 Å². The van der Waals surface area contributed by atoms with E-state index in [4.69, 9.17) is 0 Å². The van der Waals surface area contributed by atoms with Crippen molar-refractivity contribution >= 4 is 11.7 Å². The minimum absolute atomic E-state index is 0.0306. The van der Waals surface area contributed by atoms with E-state index in [9.17, 15) is 14.7 Å². The van der Waals surface area contributed by atoms with E-state index in [1.807, 2.05) is 55.6 Å². The summed E-state index contributed by atoms with van der Waals surface area (Å²) in [6, 6.07) is 15.0. The van der Waals surface area contributed by atoms with Gasteiger partial charge in [0, 0.05) is 30.1 Å². The molecular weight excluding hydrogens is 338 g/mol. The molecule has 0 heterocycles. The summed E-state index contributed by atoms with van der Waals surface area (Å²) in [6.07, 6.45) is 4.19. The molecule has 4 nitrogen and oxygen atoms in total. The average Bonchev–Trinajstić information content (AvgIpc) is 3.16. The zero-order valence-corrected chi connectivity index (χ0v) is 16.1. The van der Waals surface area contributed by atoms with Gasteiger partial charge in [0.15, 0.2) is 5.78 Å². The third kappa shape index (κ3) is 4.28. The minimum Gasteiger partial charge on any atom is -0.396 e. The van der Waals surface area contributed by atoms with Crippen molar-refractivity contribution in [2.75, 3.05) is 20.2 Å². The molecule has 1 aliphatic carbocycles. The van der Waals surface area contributed by atoms with Crippen LogP contribution in [0, 0.1) is 5.41 Å². The normalized spacial score (nSPS) is 15.5. The number of carbonyl (C=O) groups is 2. The third-order valence-electron chi connectivity index (χ3n) is 5.65. The highest BCUT2D eigenvalue weighted by atomic mass is 16.3. The number of hydrogen-bond acceptors (Lipinski definition) is 3.